The van der Waals surface area contributed by atoms with Crippen molar-refractivity contribution in [2.24, 2.45) is 10.9 Å². The lowest BCUT2D eigenvalue weighted by Gasteiger charge is -2.32. The molecule has 1 saturated heterocycles. The molecule has 0 radical (unpaired) electrons. The Morgan fingerprint density at radius 3 is 2.90 bits per heavy atom. The fourth-order valence-corrected chi connectivity index (χ4v) is 4.17. The highest BCUT2D eigenvalue weighted by Gasteiger charge is 2.18. The fourth-order valence-electron chi connectivity index (χ4n) is 4.17. The van der Waals surface area contributed by atoms with Gasteiger partial charge in [-0.2, -0.15) is 0 Å². The van der Waals surface area contributed by atoms with Crippen LogP contribution >= 0.6 is 24.0 Å². The van der Waals surface area contributed by atoms with E-state index in [2.05, 4.69) is 46.5 Å². The Balaban J connectivity index is 0.00000300. The average Bonchev–Trinajstić information content (AvgIpc) is 3.23. The van der Waals surface area contributed by atoms with Gasteiger partial charge in [-0.15, -0.1) is 24.0 Å². The van der Waals surface area contributed by atoms with E-state index in [1.165, 1.54) is 44.1 Å². The van der Waals surface area contributed by atoms with Crippen LogP contribution in [0.2, 0.25) is 0 Å². The molecule has 6 nitrogen and oxygen atoms in total. The summed E-state index contributed by atoms with van der Waals surface area (Å²) < 4.78 is 5.64. The molecule has 1 aromatic heterocycles. The second-order valence-electron chi connectivity index (χ2n) is 8.06. The molecule has 7 heteroatoms. The molecule has 1 atom stereocenters. The number of morpholine rings is 1. The number of hydrogen-bond acceptors (Lipinski definition) is 4. The number of nitrogens with one attached hydrogen (secondary N) is 2. The van der Waals surface area contributed by atoms with Crippen LogP contribution in [-0.2, 0) is 11.3 Å². The van der Waals surface area contributed by atoms with Crippen molar-refractivity contribution in [2.45, 2.75) is 65.0 Å². The van der Waals surface area contributed by atoms with Crippen molar-refractivity contribution in [1.82, 2.24) is 15.6 Å². The maximum absolute atomic E-state index is 5.64. The molecular formula is C22H38IN5O. The Labute approximate surface area is 193 Å². The molecular weight excluding hydrogens is 477 g/mol. The van der Waals surface area contributed by atoms with Crippen LogP contribution in [0.5, 0.6) is 0 Å². The lowest BCUT2D eigenvalue weighted by Crippen LogP contribution is -2.41. The molecule has 0 bridgehead atoms. The highest BCUT2D eigenvalue weighted by molar-refractivity contribution is 14.0. The van der Waals surface area contributed by atoms with Gasteiger partial charge in [-0.25, -0.2) is 9.98 Å². The smallest absolute Gasteiger partial charge is 0.191 e. The topological polar surface area (TPSA) is 61.8 Å². The highest BCUT2D eigenvalue weighted by atomic mass is 127. The van der Waals surface area contributed by atoms with Gasteiger partial charge in [-0.3, -0.25) is 0 Å². The number of aliphatic imine (C=N–C) groups is 1. The summed E-state index contributed by atoms with van der Waals surface area (Å²) in [4.78, 5) is 11.6. The van der Waals surface area contributed by atoms with Crippen molar-refractivity contribution >= 4 is 35.8 Å². The quantitative estimate of drug-likeness (QED) is 0.238. The summed E-state index contributed by atoms with van der Waals surface area (Å²) in [6.07, 6.45) is 10.4. The molecule has 0 aromatic carbocycles. The molecule has 2 N–H and O–H groups in total. The molecule has 0 amide bonds. The van der Waals surface area contributed by atoms with Gasteiger partial charge in [0.05, 0.1) is 19.3 Å². The number of aromatic nitrogens is 1. The van der Waals surface area contributed by atoms with E-state index in [9.17, 15) is 0 Å². The van der Waals surface area contributed by atoms with Gasteiger partial charge in [0, 0.05) is 32.4 Å². The molecule has 2 fully saturated rings. The predicted molar refractivity (Wildman–Crippen MR) is 131 cm³/mol. The maximum atomic E-state index is 5.64. The van der Waals surface area contributed by atoms with Crippen molar-refractivity contribution in [3.05, 3.63) is 23.9 Å². The van der Waals surface area contributed by atoms with Crippen LogP contribution in [0.4, 0.5) is 5.82 Å². The van der Waals surface area contributed by atoms with E-state index < -0.39 is 0 Å². The molecule has 1 aromatic rings. The molecule has 3 rings (SSSR count). The van der Waals surface area contributed by atoms with E-state index in [0.29, 0.717) is 6.54 Å². The van der Waals surface area contributed by atoms with E-state index in [1.807, 2.05) is 6.20 Å². The van der Waals surface area contributed by atoms with Gasteiger partial charge in [0.15, 0.2) is 5.96 Å². The number of pyridine rings is 1. The summed E-state index contributed by atoms with van der Waals surface area (Å²) in [5.41, 5.74) is 1.19. The standard InChI is InChI=1S/C22H37N5O.HI/c1-3-23-22(25-11-6-9-19-7-4-5-8-19)26-16-20-10-12-24-21(15-20)27-13-14-28-18(2)17-27;/h10,12,15,18-19H,3-9,11,13-14,16-17H2,1-2H3,(H2,23,25,26);1H. The zero-order chi connectivity index (χ0) is 19.6. The van der Waals surface area contributed by atoms with E-state index in [-0.39, 0.29) is 30.1 Å². The number of ether oxygens (including phenoxy) is 1. The first-order chi connectivity index (χ1) is 13.7. The molecule has 1 aliphatic heterocycles. The molecule has 2 aliphatic rings. The van der Waals surface area contributed by atoms with E-state index in [0.717, 1.165) is 50.5 Å². The first-order valence-electron chi connectivity index (χ1n) is 11.1. The number of hydrogen-bond donors (Lipinski definition) is 2. The van der Waals surface area contributed by atoms with Crippen LogP contribution in [-0.4, -0.2) is 49.8 Å². The average molecular weight is 515 g/mol. The van der Waals surface area contributed by atoms with Crippen molar-refractivity contribution in [3.63, 3.8) is 0 Å². The third kappa shape index (κ3) is 8.28. The molecule has 2 heterocycles. The summed E-state index contributed by atoms with van der Waals surface area (Å²) >= 11 is 0. The maximum Gasteiger partial charge on any atom is 0.191 e. The summed E-state index contributed by atoms with van der Waals surface area (Å²) in [6.45, 7) is 9.31. The highest BCUT2D eigenvalue weighted by Crippen LogP contribution is 2.28. The number of anilines is 1. The predicted octanol–water partition coefficient (Wildman–Crippen LogP) is 3.95. The first-order valence-corrected chi connectivity index (χ1v) is 11.1. The summed E-state index contributed by atoms with van der Waals surface area (Å²) in [5, 5.41) is 6.86. The lowest BCUT2D eigenvalue weighted by molar-refractivity contribution is 0.0529. The van der Waals surface area contributed by atoms with Crippen molar-refractivity contribution in [1.29, 1.82) is 0 Å². The van der Waals surface area contributed by atoms with Crippen molar-refractivity contribution < 1.29 is 4.74 Å². The van der Waals surface area contributed by atoms with E-state index >= 15 is 0 Å². The lowest BCUT2D eigenvalue weighted by atomic mass is 10.0. The van der Waals surface area contributed by atoms with Crippen molar-refractivity contribution in [3.8, 4) is 0 Å². The van der Waals surface area contributed by atoms with Crippen LogP contribution in [0.1, 0.15) is 57.9 Å². The summed E-state index contributed by atoms with van der Waals surface area (Å²) in [7, 11) is 0. The molecule has 164 valence electrons. The van der Waals surface area contributed by atoms with Crippen molar-refractivity contribution in [2.75, 3.05) is 37.7 Å². The molecule has 1 aliphatic carbocycles. The van der Waals surface area contributed by atoms with Crippen LogP contribution < -0.4 is 15.5 Å². The molecule has 1 unspecified atom stereocenters. The second-order valence-corrected chi connectivity index (χ2v) is 8.06. The number of rotatable bonds is 8. The fraction of sp³-hybridized carbons (Fsp3) is 0.727. The van der Waals surface area contributed by atoms with E-state index in [1.54, 1.807) is 0 Å². The largest absolute Gasteiger partial charge is 0.375 e. The number of nitrogens with zero attached hydrogens (tertiary/aromatic N) is 3. The zero-order valence-corrected chi connectivity index (χ0v) is 20.4. The van der Waals surface area contributed by atoms with Crippen LogP contribution in [0.25, 0.3) is 0 Å². The Morgan fingerprint density at radius 2 is 2.14 bits per heavy atom. The van der Waals surface area contributed by atoms with Gasteiger partial charge in [0.25, 0.3) is 0 Å². The van der Waals surface area contributed by atoms with Gasteiger partial charge in [-0.1, -0.05) is 25.7 Å². The minimum absolute atomic E-state index is 0. The Kier molecular flexibility index (Phi) is 11.1. The molecule has 1 saturated carbocycles. The van der Waals surface area contributed by atoms with E-state index in [4.69, 9.17) is 9.73 Å². The van der Waals surface area contributed by atoms with Gasteiger partial charge in [0.1, 0.15) is 5.82 Å². The Hall–Kier alpha value is -1.09. The van der Waals surface area contributed by atoms with Gasteiger partial charge < -0.3 is 20.3 Å². The number of halogens is 1. The summed E-state index contributed by atoms with van der Waals surface area (Å²) in [6, 6.07) is 4.21. The second kappa shape index (κ2) is 13.3. The first kappa shape index (κ1) is 24.2. The van der Waals surface area contributed by atoms with Crippen LogP contribution in [0.3, 0.4) is 0 Å². The monoisotopic (exact) mass is 515 g/mol. The normalized spacial score (nSPS) is 20.4. The Morgan fingerprint density at radius 1 is 1.31 bits per heavy atom. The minimum Gasteiger partial charge on any atom is -0.375 e. The third-order valence-corrected chi connectivity index (χ3v) is 5.70. The van der Waals surface area contributed by atoms with Gasteiger partial charge >= 0.3 is 0 Å². The van der Waals surface area contributed by atoms with Crippen LogP contribution in [0.15, 0.2) is 23.3 Å². The number of guanidine groups is 1. The Bertz CT molecular complexity index is 621. The molecule has 0 spiro atoms. The SMILES string of the molecule is CCNC(=NCc1ccnc(N2CCOC(C)C2)c1)NCCCC1CCCC1.I. The third-order valence-electron chi connectivity index (χ3n) is 5.70. The van der Waals surface area contributed by atoms with Gasteiger partial charge in [-0.05, 0) is 50.3 Å². The van der Waals surface area contributed by atoms with Gasteiger partial charge in [0.2, 0.25) is 0 Å². The summed E-state index contributed by atoms with van der Waals surface area (Å²) in [5.74, 6) is 2.89. The zero-order valence-electron chi connectivity index (χ0n) is 18.0. The molecule has 29 heavy (non-hydrogen) atoms. The van der Waals surface area contributed by atoms with Crippen LogP contribution in [0, 0.1) is 5.92 Å². The minimum atomic E-state index is 0.